The number of sulfonamides is 1. The zero-order valence-corrected chi connectivity index (χ0v) is 17.8. The quantitative estimate of drug-likeness (QED) is 0.234. The Morgan fingerprint density at radius 3 is 2.38 bits per heavy atom. The Bertz CT molecular complexity index is 1220. The average molecular weight is 455 g/mol. The molecule has 9 nitrogen and oxygen atoms in total. The number of carbonyl (C=O) groups excluding carboxylic acids is 1. The molecule has 0 saturated heterocycles. The molecule has 3 aromatic carbocycles. The van der Waals surface area contributed by atoms with Crippen LogP contribution in [0.4, 0.5) is 5.69 Å². The number of phenolic OH excluding ortho intramolecular Hbond substituents is 2. The van der Waals surface area contributed by atoms with Crippen molar-refractivity contribution in [3.8, 4) is 17.2 Å². The highest BCUT2D eigenvalue weighted by Gasteiger charge is 2.15. The molecule has 0 aromatic heterocycles. The van der Waals surface area contributed by atoms with Crippen molar-refractivity contribution in [1.29, 1.82) is 0 Å². The van der Waals surface area contributed by atoms with Crippen LogP contribution >= 0.6 is 0 Å². The first-order valence-electron chi connectivity index (χ1n) is 9.50. The minimum absolute atomic E-state index is 0.0762. The third-order valence-electron chi connectivity index (χ3n) is 4.26. The van der Waals surface area contributed by atoms with Crippen LogP contribution in [0.25, 0.3) is 0 Å². The van der Waals surface area contributed by atoms with E-state index in [0.717, 1.165) is 0 Å². The predicted octanol–water partition coefficient (Wildman–Crippen LogP) is 3.06. The van der Waals surface area contributed by atoms with E-state index in [9.17, 15) is 23.4 Å². The molecule has 0 heterocycles. The topological polar surface area (TPSA) is 137 Å². The van der Waals surface area contributed by atoms with Gasteiger partial charge in [0.25, 0.3) is 15.9 Å². The Morgan fingerprint density at radius 1 is 1.03 bits per heavy atom. The van der Waals surface area contributed by atoms with E-state index in [1.807, 2.05) is 6.92 Å². The molecule has 4 N–H and O–H groups in total. The summed E-state index contributed by atoms with van der Waals surface area (Å²) in [5.41, 5.74) is 3.04. The van der Waals surface area contributed by atoms with Gasteiger partial charge in [-0.2, -0.15) is 5.10 Å². The normalized spacial score (nSPS) is 11.3. The maximum absolute atomic E-state index is 12.5. The second kappa shape index (κ2) is 9.84. The Balaban J connectivity index is 1.63. The number of rotatable bonds is 8. The van der Waals surface area contributed by atoms with Crippen molar-refractivity contribution in [3.63, 3.8) is 0 Å². The molecule has 0 radical (unpaired) electrons. The van der Waals surface area contributed by atoms with Crippen molar-refractivity contribution >= 4 is 27.8 Å². The Morgan fingerprint density at radius 2 is 1.72 bits per heavy atom. The summed E-state index contributed by atoms with van der Waals surface area (Å²) in [5.74, 6) is -0.621. The van der Waals surface area contributed by atoms with Crippen molar-refractivity contribution in [1.82, 2.24) is 5.43 Å². The molecular weight excluding hydrogens is 434 g/mol. The van der Waals surface area contributed by atoms with Crippen LogP contribution in [0.3, 0.4) is 0 Å². The van der Waals surface area contributed by atoms with Crippen molar-refractivity contribution < 1.29 is 28.2 Å². The highest BCUT2D eigenvalue weighted by atomic mass is 32.2. The molecule has 10 heteroatoms. The first-order chi connectivity index (χ1) is 15.3. The Kier molecular flexibility index (Phi) is 6.96. The first kappa shape index (κ1) is 22.6. The fourth-order valence-corrected chi connectivity index (χ4v) is 3.72. The summed E-state index contributed by atoms with van der Waals surface area (Å²) in [5, 5.41) is 22.9. The molecule has 166 valence electrons. The monoisotopic (exact) mass is 455 g/mol. The van der Waals surface area contributed by atoms with Crippen LogP contribution in [-0.4, -0.2) is 37.4 Å². The molecule has 0 fully saturated rings. The number of hydrogen-bond donors (Lipinski definition) is 4. The number of nitrogens with zero attached hydrogens (tertiary/aromatic N) is 1. The van der Waals surface area contributed by atoms with Crippen LogP contribution in [0.2, 0.25) is 0 Å². The van der Waals surface area contributed by atoms with Crippen LogP contribution in [0.1, 0.15) is 22.8 Å². The number of hydrazone groups is 1. The van der Waals surface area contributed by atoms with Gasteiger partial charge in [-0.3, -0.25) is 9.52 Å². The maximum atomic E-state index is 12.5. The molecule has 3 rings (SSSR count). The van der Waals surface area contributed by atoms with E-state index >= 15 is 0 Å². The van der Waals surface area contributed by atoms with E-state index in [-0.39, 0.29) is 33.2 Å². The fourth-order valence-electron chi connectivity index (χ4n) is 2.66. The third kappa shape index (κ3) is 5.55. The highest BCUT2D eigenvalue weighted by molar-refractivity contribution is 7.92. The SMILES string of the molecule is CCOc1ccc(S(=O)(=O)Nc2ccc(C(=O)N/N=C/c3cccc(O)c3O)cc2)cc1. The largest absolute Gasteiger partial charge is 0.504 e. The number of phenols is 2. The molecule has 0 spiro atoms. The van der Waals surface area contributed by atoms with Crippen molar-refractivity contribution in [2.45, 2.75) is 11.8 Å². The second-order valence-electron chi connectivity index (χ2n) is 6.50. The van der Waals surface area contributed by atoms with Gasteiger partial charge in [0.05, 0.1) is 17.7 Å². The summed E-state index contributed by atoms with van der Waals surface area (Å²) >= 11 is 0. The Hall–Kier alpha value is -4.05. The lowest BCUT2D eigenvalue weighted by Crippen LogP contribution is -2.18. The third-order valence-corrected chi connectivity index (χ3v) is 5.66. The van der Waals surface area contributed by atoms with E-state index < -0.39 is 15.9 Å². The van der Waals surface area contributed by atoms with Crippen molar-refractivity contribution in [2.75, 3.05) is 11.3 Å². The van der Waals surface area contributed by atoms with E-state index in [1.165, 1.54) is 60.8 Å². The summed E-state index contributed by atoms with van der Waals surface area (Å²) in [6.07, 6.45) is 1.19. The molecule has 0 saturated carbocycles. The molecule has 0 aliphatic heterocycles. The predicted molar refractivity (Wildman–Crippen MR) is 120 cm³/mol. The fraction of sp³-hybridized carbons (Fsp3) is 0.0909. The molecule has 0 atom stereocenters. The molecule has 3 aromatic rings. The van der Waals surface area contributed by atoms with E-state index in [1.54, 1.807) is 12.1 Å². The van der Waals surface area contributed by atoms with Gasteiger partial charge in [0.2, 0.25) is 0 Å². The number of nitrogens with one attached hydrogen (secondary N) is 2. The number of carbonyl (C=O) groups is 1. The van der Waals surface area contributed by atoms with Gasteiger partial charge in [-0.05, 0) is 67.6 Å². The van der Waals surface area contributed by atoms with Crippen molar-refractivity contribution in [2.24, 2.45) is 5.10 Å². The lowest BCUT2D eigenvalue weighted by molar-refractivity contribution is 0.0955. The van der Waals surface area contributed by atoms with Crippen LogP contribution in [0.15, 0.2) is 76.7 Å². The number of aromatic hydroxyl groups is 2. The number of ether oxygens (including phenoxy) is 1. The second-order valence-corrected chi connectivity index (χ2v) is 8.18. The molecule has 0 aliphatic carbocycles. The van der Waals surface area contributed by atoms with Gasteiger partial charge < -0.3 is 14.9 Å². The number of hydrogen-bond acceptors (Lipinski definition) is 7. The van der Waals surface area contributed by atoms with Gasteiger partial charge in [0.15, 0.2) is 11.5 Å². The maximum Gasteiger partial charge on any atom is 0.271 e. The number of para-hydroxylation sites is 1. The lowest BCUT2D eigenvalue weighted by atomic mass is 10.2. The van der Waals surface area contributed by atoms with Gasteiger partial charge in [-0.1, -0.05) is 6.07 Å². The zero-order valence-electron chi connectivity index (χ0n) is 17.0. The number of anilines is 1. The average Bonchev–Trinajstić information content (AvgIpc) is 2.77. The molecule has 32 heavy (non-hydrogen) atoms. The van der Waals surface area contributed by atoms with Gasteiger partial charge in [-0.25, -0.2) is 13.8 Å². The number of amides is 1. The van der Waals surface area contributed by atoms with E-state index in [0.29, 0.717) is 12.4 Å². The minimum atomic E-state index is -3.80. The van der Waals surface area contributed by atoms with E-state index in [2.05, 4.69) is 15.2 Å². The van der Waals surface area contributed by atoms with Crippen LogP contribution < -0.4 is 14.9 Å². The summed E-state index contributed by atoms with van der Waals surface area (Å²) in [7, 11) is -3.80. The summed E-state index contributed by atoms with van der Waals surface area (Å²) < 4.78 is 32.8. The standard InChI is InChI=1S/C22H21N3O6S/c1-2-31-18-10-12-19(13-11-18)32(29,30)25-17-8-6-15(7-9-17)22(28)24-23-14-16-4-3-5-20(26)21(16)27/h3-14,25-27H,2H2,1H3,(H,24,28)/b23-14+. The lowest BCUT2D eigenvalue weighted by Gasteiger charge is -2.09. The summed E-state index contributed by atoms with van der Waals surface area (Å²) in [4.78, 5) is 12.3. The molecule has 0 bridgehead atoms. The number of benzene rings is 3. The Labute approximate surface area is 185 Å². The zero-order chi connectivity index (χ0) is 23.1. The molecule has 1 amide bonds. The molecule has 0 aliphatic rings. The molecule has 0 unspecified atom stereocenters. The highest BCUT2D eigenvalue weighted by Crippen LogP contribution is 2.26. The first-order valence-corrected chi connectivity index (χ1v) is 11.0. The van der Waals surface area contributed by atoms with E-state index in [4.69, 9.17) is 4.74 Å². The summed E-state index contributed by atoms with van der Waals surface area (Å²) in [6, 6.07) is 16.1. The molecular formula is C22H21N3O6S. The van der Waals surface area contributed by atoms with Gasteiger partial charge in [0, 0.05) is 16.8 Å². The summed E-state index contributed by atoms with van der Waals surface area (Å²) in [6.45, 7) is 2.32. The van der Waals surface area contributed by atoms with Crippen LogP contribution in [0, 0.1) is 0 Å². The smallest absolute Gasteiger partial charge is 0.271 e. The van der Waals surface area contributed by atoms with Gasteiger partial charge >= 0.3 is 0 Å². The van der Waals surface area contributed by atoms with Crippen LogP contribution in [-0.2, 0) is 10.0 Å². The van der Waals surface area contributed by atoms with Gasteiger partial charge in [-0.15, -0.1) is 0 Å². The minimum Gasteiger partial charge on any atom is -0.504 e. The van der Waals surface area contributed by atoms with Crippen molar-refractivity contribution in [3.05, 3.63) is 77.9 Å². The van der Waals surface area contributed by atoms with Crippen LogP contribution in [0.5, 0.6) is 17.2 Å². The van der Waals surface area contributed by atoms with Gasteiger partial charge in [0.1, 0.15) is 5.75 Å².